The van der Waals surface area contributed by atoms with Crippen molar-refractivity contribution < 1.29 is 4.74 Å². The standard InChI is InChI=1S/C25H33N5O.C2H6.CH4/c1-3-7-23-19(2)27-25(29-24(23)31-18-20-8-5-4-6-9-20)28-21-10-12-22(13-11-21)30-16-14-26-15-17-30;1-2;/h10-13,20,26H,4-6,8-9,14-18H2,1-2H3,(H,27,28,29);1-2H3;1H4. The van der Waals surface area contributed by atoms with Gasteiger partial charge >= 0.3 is 0 Å². The van der Waals surface area contributed by atoms with Gasteiger partial charge in [0.25, 0.3) is 0 Å². The van der Waals surface area contributed by atoms with Gasteiger partial charge < -0.3 is 20.3 Å². The quantitative estimate of drug-likeness (QED) is 0.516. The van der Waals surface area contributed by atoms with Gasteiger partial charge in [-0.3, -0.25) is 0 Å². The summed E-state index contributed by atoms with van der Waals surface area (Å²) < 4.78 is 6.18. The second kappa shape index (κ2) is 14.5. The molecule has 1 aliphatic heterocycles. The third kappa shape index (κ3) is 7.63. The van der Waals surface area contributed by atoms with Gasteiger partial charge in [-0.2, -0.15) is 4.98 Å². The summed E-state index contributed by atoms with van der Waals surface area (Å²) in [5.41, 5.74) is 3.83. The molecule has 6 nitrogen and oxygen atoms in total. The number of benzene rings is 1. The zero-order chi connectivity index (χ0) is 23.5. The Bertz CT molecular complexity index is 920. The molecule has 0 unspecified atom stereocenters. The molecule has 6 heteroatoms. The first kappa shape index (κ1) is 27.5. The van der Waals surface area contributed by atoms with Crippen LogP contribution in [0.4, 0.5) is 17.3 Å². The third-order valence-electron chi connectivity index (χ3n) is 6.09. The average molecular weight is 466 g/mol. The maximum absolute atomic E-state index is 6.18. The van der Waals surface area contributed by atoms with Gasteiger partial charge in [0.05, 0.1) is 12.3 Å². The van der Waals surface area contributed by atoms with Crippen LogP contribution >= 0.6 is 0 Å². The highest BCUT2D eigenvalue weighted by atomic mass is 16.5. The SMILES string of the molecule is C.CC.CC#Cc1c(C)nc(Nc2ccc(N3CCNCC3)cc2)nc1OCC1CCCCC1. The number of anilines is 3. The van der Waals surface area contributed by atoms with E-state index in [4.69, 9.17) is 4.74 Å². The van der Waals surface area contributed by atoms with Gasteiger partial charge in [-0.15, -0.1) is 5.92 Å². The number of rotatable bonds is 6. The number of piperazine rings is 1. The Hall–Kier alpha value is -2.78. The Morgan fingerprint density at radius 2 is 1.74 bits per heavy atom. The van der Waals surface area contributed by atoms with Crippen molar-refractivity contribution in [1.82, 2.24) is 15.3 Å². The van der Waals surface area contributed by atoms with Crippen molar-refractivity contribution in [2.45, 2.75) is 67.2 Å². The summed E-state index contributed by atoms with van der Waals surface area (Å²) in [4.78, 5) is 11.7. The topological polar surface area (TPSA) is 62.3 Å². The number of aromatic nitrogens is 2. The Balaban J connectivity index is 0.00000133. The number of nitrogens with zero attached hydrogens (tertiary/aromatic N) is 3. The highest BCUT2D eigenvalue weighted by Crippen LogP contribution is 2.27. The fourth-order valence-electron chi connectivity index (χ4n) is 4.33. The Labute approximate surface area is 206 Å². The molecule has 1 aromatic carbocycles. The molecule has 2 N–H and O–H groups in total. The van der Waals surface area contributed by atoms with Crippen LogP contribution in [-0.2, 0) is 0 Å². The van der Waals surface area contributed by atoms with Crippen LogP contribution in [-0.4, -0.2) is 42.8 Å². The lowest BCUT2D eigenvalue weighted by Gasteiger charge is -2.29. The van der Waals surface area contributed by atoms with Gasteiger partial charge in [-0.1, -0.05) is 46.5 Å². The van der Waals surface area contributed by atoms with E-state index in [1.165, 1.54) is 37.8 Å². The lowest BCUT2D eigenvalue weighted by atomic mass is 9.90. The first-order valence-electron chi connectivity index (χ1n) is 12.5. The molecule has 4 rings (SSSR count). The highest BCUT2D eigenvalue weighted by Gasteiger charge is 2.17. The predicted octanol–water partition coefficient (Wildman–Crippen LogP) is 5.93. The first-order chi connectivity index (χ1) is 16.2. The van der Waals surface area contributed by atoms with Crippen molar-refractivity contribution in [3.8, 4) is 17.7 Å². The van der Waals surface area contributed by atoms with Crippen LogP contribution in [0.3, 0.4) is 0 Å². The molecule has 1 saturated carbocycles. The summed E-state index contributed by atoms with van der Waals surface area (Å²) >= 11 is 0. The van der Waals surface area contributed by atoms with Crippen LogP contribution in [0.1, 0.15) is 71.6 Å². The zero-order valence-electron chi connectivity index (χ0n) is 20.7. The zero-order valence-corrected chi connectivity index (χ0v) is 20.7. The van der Waals surface area contributed by atoms with Crippen molar-refractivity contribution in [1.29, 1.82) is 0 Å². The molecule has 1 saturated heterocycles. The van der Waals surface area contributed by atoms with Crippen LogP contribution < -0.4 is 20.3 Å². The number of nitrogens with one attached hydrogen (secondary N) is 2. The van der Waals surface area contributed by atoms with Crippen LogP contribution in [0, 0.1) is 24.7 Å². The molecule has 2 fully saturated rings. The van der Waals surface area contributed by atoms with Gasteiger partial charge in [0.15, 0.2) is 0 Å². The van der Waals surface area contributed by atoms with Crippen molar-refractivity contribution in [3.63, 3.8) is 0 Å². The summed E-state index contributed by atoms with van der Waals surface area (Å²) in [6.45, 7) is 12.6. The van der Waals surface area contributed by atoms with E-state index in [9.17, 15) is 0 Å². The third-order valence-corrected chi connectivity index (χ3v) is 6.09. The Morgan fingerprint density at radius 3 is 2.38 bits per heavy atom. The van der Waals surface area contributed by atoms with E-state index in [1.807, 2.05) is 27.7 Å². The molecular formula is C28H43N5O. The molecule has 0 radical (unpaired) electrons. The average Bonchev–Trinajstić information content (AvgIpc) is 2.87. The van der Waals surface area contributed by atoms with E-state index in [2.05, 4.69) is 61.6 Å². The van der Waals surface area contributed by atoms with Crippen molar-refractivity contribution in [2.24, 2.45) is 5.92 Å². The maximum atomic E-state index is 6.18. The molecule has 0 atom stereocenters. The minimum atomic E-state index is 0. The molecule has 1 aromatic heterocycles. The van der Waals surface area contributed by atoms with E-state index in [0.29, 0.717) is 24.4 Å². The fraction of sp³-hybridized carbons (Fsp3) is 0.571. The van der Waals surface area contributed by atoms with Gasteiger partial charge in [-0.05, 0) is 56.9 Å². The second-order valence-electron chi connectivity index (χ2n) is 8.41. The van der Waals surface area contributed by atoms with Crippen molar-refractivity contribution in [3.05, 3.63) is 35.5 Å². The van der Waals surface area contributed by atoms with Crippen LogP contribution in [0.2, 0.25) is 0 Å². The van der Waals surface area contributed by atoms with E-state index in [0.717, 1.165) is 43.1 Å². The van der Waals surface area contributed by atoms with Gasteiger partial charge in [0.2, 0.25) is 11.8 Å². The number of hydrogen-bond acceptors (Lipinski definition) is 6. The highest BCUT2D eigenvalue weighted by molar-refractivity contribution is 5.60. The molecule has 186 valence electrons. The van der Waals surface area contributed by atoms with E-state index in [-0.39, 0.29) is 7.43 Å². The van der Waals surface area contributed by atoms with Crippen molar-refractivity contribution in [2.75, 3.05) is 43.0 Å². The minimum absolute atomic E-state index is 0. The number of hydrogen-bond donors (Lipinski definition) is 2. The Kier molecular flexibility index (Phi) is 11.7. The van der Waals surface area contributed by atoms with Gasteiger partial charge in [0.1, 0.15) is 5.56 Å². The van der Waals surface area contributed by atoms with Gasteiger partial charge in [0, 0.05) is 37.6 Å². The predicted molar refractivity (Wildman–Crippen MR) is 144 cm³/mol. The number of ether oxygens (including phenoxy) is 1. The minimum Gasteiger partial charge on any atom is -0.476 e. The van der Waals surface area contributed by atoms with E-state index < -0.39 is 0 Å². The summed E-state index contributed by atoms with van der Waals surface area (Å²) in [6.07, 6.45) is 6.42. The van der Waals surface area contributed by atoms with Crippen molar-refractivity contribution >= 4 is 17.3 Å². The molecular weight excluding hydrogens is 422 g/mol. The first-order valence-corrected chi connectivity index (χ1v) is 12.5. The van der Waals surface area contributed by atoms with Crippen LogP contribution in [0.25, 0.3) is 0 Å². The van der Waals surface area contributed by atoms with Crippen LogP contribution in [0.15, 0.2) is 24.3 Å². The lowest BCUT2D eigenvalue weighted by molar-refractivity contribution is 0.202. The summed E-state index contributed by atoms with van der Waals surface area (Å²) in [5, 5.41) is 6.73. The smallest absolute Gasteiger partial charge is 0.234 e. The van der Waals surface area contributed by atoms with E-state index >= 15 is 0 Å². The Morgan fingerprint density at radius 1 is 1.06 bits per heavy atom. The summed E-state index contributed by atoms with van der Waals surface area (Å²) in [6, 6.07) is 8.46. The molecule has 0 amide bonds. The molecule has 2 heterocycles. The molecule has 2 aromatic rings. The van der Waals surface area contributed by atoms with Gasteiger partial charge in [-0.25, -0.2) is 4.98 Å². The largest absolute Gasteiger partial charge is 0.476 e. The molecule has 2 aliphatic rings. The molecule has 34 heavy (non-hydrogen) atoms. The van der Waals surface area contributed by atoms with Crippen LogP contribution in [0.5, 0.6) is 5.88 Å². The summed E-state index contributed by atoms with van der Waals surface area (Å²) in [5.74, 6) is 7.85. The number of aryl methyl sites for hydroxylation is 1. The fourth-order valence-corrected chi connectivity index (χ4v) is 4.33. The normalized spacial score (nSPS) is 15.7. The molecule has 0 spiro atoms. The maximum Gasteiger partial charge on any atom is 0.234 e. The summed E-state index contributed by atoms with van der Waals surface area (Å²) in [7, 11) is 0. The molecule has 1 aliphatic carbocycles. The monoisotopic (exact) mass is 465 g/mol. The van der Waals surface area contributed by atoms with E-state index in [1.54, 1.807) is 0 Å². The second-order valence-corrected chi connectivity index (χ2v) is 8.41. The lowest BCUT2D eigenvalue weighted by Crippen LogP contribution is -2.43. The molecule has 0 bridgehead atoms.